The molecule has 7 nitrogen and oxygen atoms in total. The average Bonchev–Trinajstić information content (AvgIpc) is 2.30. The Morgan fingerprint density at radius 1 is 1.06 bits per heavy atom. The Bertz CT molecular complexity index is 415. The van der Waals surface area contributed by atoms with E-state index >= 15 is 0 Å². The summed E-state index contributed by atoms with van der Waals surface area (Å²) in [6, 6.07) is 5.70. The van der Waals surface area contributed by atoms with Gasteiger partial charge >= 0.3 is 0 Å². The van der Waals surface area contributed by atoms with Crippen molar-refractivity contribution in [3.63, 3.8) is 0 Å². The summed E-state index contributed by atoms with van der Waals surface area (Å²) in [5, 5.41) is 23.9. The summed E-state index contributed by atoms with van der Waals surface area (Å²) in [6.07, 6.45) is 0. The quantitative estimate of drug-likeness (QED) is 0.327. The van der Waals surface area contributed by atoms with Crippen LogP contribution in [-0.2, 0) is 10.0 Å². The van der Waals surface area contributed by atoms with Gasteiger partial charge in [-0.3, -0.25) is 0 Å². The van der Waals surface area contributed by atoms with Gasteiger partial charge in [0.25, 0.3) is 0 Å². The third kappa shape index (κ3) is 7.98. The molecule has 0 radical (unpaired) electrons. The molecule has 1 rings (SSSR count). The van der Waals surface area contributed by atoms with Crippen LogP contribution in [0.5, 0.6) is 0 Å². The monoisotopic (exact) mass is 277 g/mol. The first kappa shape index (κ1) is 16.8. The second kappa shape index (κ2) is 8.84. The number of rotatable bonds is 5. The smallest absolute Gasteiger partial charge is 0.238 e. The molecule has 0 saturated carbocycles. The molecule has 0 aliphatic carbocycles. The van der Waals surface area contributed by atoms with Crippen molar-refractivity contribution in [1.82, 2.24) is 5.32 Å². The summed E-state index contributed by atoms with van der Waals surface area (Å²) in [4.78, 5) is 0.0756. The van der Waals surface area contributed by atoms with Crippen molar-refractivity contribution < 1.29 is 18.6 Å². The molecule has 0 spiro atoms. The molecule has 0 heterocycles. The van der Waals surface area contributed by atoms with Crippen molar-refractivity contribution in [1.29, 1.82) is 0 Å². The Labute approximate surface area is 106 Å². The molecule has 0 saturated heterocycles. The van der Waals surface area contributed by atoms with E-state index in [9.17, 15) is 8.42 Å². The van der Waals surface area contributed by atoms with E-state index < -0.39 is 10.0 Å². The lowest BCUT2D eigenvalue weighted by molar-refractivity contribution is 0.266. The van der Waals surface area contributed by atoms with Crippen molar-refractivity contribution in [3.05, 3.63) is 24.3 Å². The number of nitrogens with two attached hydrogens (primary N) is 2. The number of nitrogens with one attached hydrogen (secondary N) is 1. The minimum Gasteiger partial charge on any atom is -0.399 e. The van der Waals surface area contributed by atoms with Crippen LogP contribution in [0.1, 0.15) is 0 Å². The zero-order chi connectivity index (χ0) is 14.0. The number of nitrogen functional groups attached to an aromatic ring is 1. The van der Waals surface area contributed by atoms with Gasteiger partial charge in [-0.15, -0.1) is 0 Å². The summed E-state index contributed by atoms with van der Waals surface area (Å²) < 4.78 is 21.4. The molecular weight excluding hydrogens is 258 g/mol. The van der Waals surface area contributed by atoms with Gasteiger partial charge < -0.3 is 21.3 Å². The molecule has 0 aliphatic rings. The highest BCUT2D eigenvalue weighted by molar-refractivity contribution is 7.89. The Kier molecular flexibility index (Phi) is 8.25. The topological polar surface area (TPSA) is 139 Å². The molecule has 1 aromatic rings. The minimum atomic E-state index is -3.58. The summed E-state index contributed by atoms with van der Waals surface area (Å²) in [5.74, 6) is 0. The largest absolute Gasteiger partial charge is 0.399 e. The molecule has 0 atom stereocenters. The lowest BCUT2D eigenvalue weighted by Gasteiger charge is -1.96. The lowest BCUT2D eigenvalue weighted by Crippen LogP contribution is -2.21. The van der Waals surface area contributed by atoms with Gasteiger partial charge in [-0.2, -0.15) is 0 Å². The van der Waals surface area contributed by atoms with E-state index in [1.807, 2.05) is 0 Å². The van der Waals surface area contributed by atoms with E-state index in [0.717, 1.165) is 0 Å². The maximum Gasteiger partial charge on any atom is 0.238 e. The van der Waals surface area contributed by atoms with Crippen LogP contribution in [0.15, 0.2) is 29.2 Å². The number of sulfonamides is 1. The van der Waals surface area contributed by atoms with Gasteiger partial charge in [0.2, 0.25) is 10.0 Å². The highest BCUT2D eigenvalue weighted by atomic mass is 32.2. The highest BCUT2D eigenvalue weighted by Crippen LogP contribution is 2.08. The van der Waals surface area contributed by atoms with Gasteiger partial charge in [-0.1, -0.05) is 0 Å². The Morgan fingerprint density at radius 2 is 1.50 bits per heavy atom. The van der Waals surface area contributed by atoms with E-state index in [-0.39, 0.29) is 18.1 Å². The first-order valence-electron chi connectivity index (χ1n) is 5.22. The molecule has 0 bridgehead atoms. The van der Waals surface area contributed by atoms with Gasteiger partial charge in [-0.25, -0.2) is 13.6 Å². The van der Waals surface area contributed by atoms with Crippen LogP contribution < -0.4 is 16.2 Å². The second-order valence-corrected chi connectivity index (χ2v) is 4.87. The van der Waals surface area contributed by atoms with Crippen LogP contribution in [0.3, 0.4) is 0 Å². The lowest BCUT2D eigenvalue weighted by atomic mass is 10.3. The molecule has 18 heavy (non-hydrogen) atoms. The maximum atomic E-state index is 10.7. The second-order valence-electron chi connectivity index (χ2n) is 3.31. The van der Waals surface area contributed by atoms with E-state index in [2.05, 4.69) is 5.32 Å². The van der Waals surface area contributed by atoms with E-state index in [4.69, 9.17) is 21.1 Å². The van der Waals surface area contributed by atoms with Gasteiger partial charge in [-0.05, 0) is 24.3 Å². The molecule has 0 aromatic heterocycles. The molecule has 7 N–H and O–H groups in total. The molecular formula is C10H19N3O4S. The summed E-state index contributed by atoms with van der Waals surface area (Å²) >= 11 is 0. The average molecular weight is 277 g/mol. The van der Waals surface area contributed by atoms with Gasteiger partial charge in [0.1, 0.15) is 0 Å². The Balaban J connectivity index is 0.000000360. The predicted molar refractivity (Wildman–Crippen MR) is 69.3 cm³/mol. The van der Waals surface area contributed by atoms with Gasteiger partial charge in [0.15, 0.2) is 0 Å². The van der Waals surface area contributed by atoms with E-state index in [0.29, 0.717) is 18.8 Å². The molecule has 8 heteroatoms. The van der Waals surface area contributed by atoms with Crippen molar-refractivity contribution in [2.75, 3.05) is 32.0 Å². The first-order chi connectivity index (χ1) is 8.41. The van der Waals surface area contributed by atoms with Crippen molar-refractivity contribution in [2.24, 2.45) is 5.14 Å². The first-order valence-corrected chi connectivity index (χ1v) is 6.77. The van der Waals surface area contributed by atoms with Crippen molar-refractivity contribution in [3.8, 4) is 0 Å². The predicted octanol–water partition coefficient (Wildman–Crippen LogP) is -1.52. The zero-order valence-electron chi connectivity index (χ0n) is 9.91. The molecule has 1 aromatic carbocycles. The fraction of sp³-hybridized carbons (Fsp3) is 0.400. The fourth-order valence-corrected chi connectivity index (χ4v) is 1.46. The van der Waals surface area contributed by atoms with Crippen LogP contribution in [0, 0.1) is 0 Å². The standard InChI is InChI=1S/C6H8N2O2S.C4H11NO2/c7-5-1-3-6(4-2-5)11(8,9)10;6-3-1-5-2-4-7/h1-4H,7H2,(H2,8,9,10);5-7H,1-4H2. The van der Waals surface area contributed by atoms with E-state index in [1.165, 1.54) is 24.3 Å². The summed E-state index contributed by atoms with van der Waals surface area (Å²) in [7, 11) is -3.58. The number of benzene rings is 1. The molecule has 0 fully saturated rings. The number of hydrogen-bond acceptors (Lipinski definition) is 6. The number of anilines is 1. The maximum absolute atomic E-state index is 10.7. The third-order valence-corrected chi connectivity index (χ3v) is 2.72. The van der Waals surface area contributed by atoms with Crippen molar-refractivity contribution in [2.45, 2.75) is 4.90 Å². The van der Waals surface area contributed by atoms with Gasteiger partial charge in [0, 0.05) is 18.8 Å². The number of aliphatic hydroxyl groups excluding tert-OH is 2. The molecule has 0 aliphatic heterocycles. The zero-order valence-corrected chi connectivity index (χ0v) is 10.7. The normalized spacial score (nSPS) is 10.6. The molecule has 0 unspecified atom stereocenters. The summed E-state index contributed by atoms with van der Waals surface area (Å²) in [5.41, 5.74) is 5.85. The van der Waals surface area contributed by atoms with Crippen LogP contribution in [0.4, 0.5) is 5.69 Å². The summed E-state index contributed by atoms with van der Waals surface area (Å²) in [6.45, 7) is 1.42. The number of primary sulfonamides is 1. The number of aliphatic hydroxyl groups is 2. The Hall–Kier alpha value is -1.19. The van der Waals surface area contributed by atoms with Crippen LogP contribution in [0.2, 0.25) is 0 Å². The minimum absolute atomic E-state index is 0.0756. The third-order valence-electron chi connectivity index (χ3n) is 1.79. The highest BCUT2D eigenvalue weighted by Gasteiger charge is 2.04. The van der Waals surface area contributed by atoms with E-state index in [1.54, 1.807) is 0 Å². The van der Waals surface area contributed by atoms with Crippen molar-refractivity contribution >= 4 is 15.7 Å². The van der Waals surface area contributed by atoms with Crippen LogP contribution in [-0.4, -0.2) is 44.9 Å². The Morgan fingerprint density at radius 3 is 1.83 bits per heavy atom. The van der Waals surface area contributed by atoms with Crippen LogP contribution >= 0.6 is 0 Å². The molecule has 0 amide bonds. The molecule has 104 valence electrons. The van der Waals surface area contributed by atoms with Crippen LogP contribution in [0.25, 0.3) is 0 Å². The van der Waals surface area contributed by atoms with Gasteiger partial charge in [0.05, 0.1) is 18.1 Å². The SMILES string of the molecule is Nc1ccc(S(N)(=O)=O)cc1.OCCNCCO. The fourth-order valence-electron chi connectivity index (χ4n) is 0.941. The number of hydrogen-bond donors (Lipinski definition) is 5.